The molecule has 0 bridgehead atoms. The average molecular weight is 500 g/mol. The average Bonchev–Trinajstić information content (AvgIpc) is 3.30. The van der Waals surface area contributed by atoms with Crippen LogP contribution in [0, 0.1) is 17.2 Å². The Morgan fingerprint density at radius 1 is 1.11 bits per heavy atom. The molecule has 4 heterocycles. The van der Waals surface area contributed by atoms with E-state index in [1.165, 1.54) is 43.5 Å². The van der Waals surface area contributed by atoms with Crippen molar-refractivity contribution in [2.24, 2.45) is 5.92 Å². The summed E-state index contributed by atoms with van der Waals surface area (Å²) in [5.41, 5.74) is 3.04. The Labute approximate surface area is 219 Å². The zero-order valence-corrected chi connectivity index (χ0v) is 21.6. The molecule has 1 aromatic carbocycles. The van der Waals surface area contributed by atoms with Gasteiger partial charge in [0.15, 0.2) is 0 Å². The van der Waals surface area contributed by atoms with Crippen molar-refractivity contribution in [3.63, 3.8) is 0 Å². The van der Waals surface area contributed by atoms with Gasteiger partial charge in [0.25, 0.3) is 0 Å². The molecule has 2 aliphatic heterocycles. The topological polar surface area (TPSA) is 82.2 Å². The Hall–Kier alpha value is -2.99. The number of hydrogen-bond acceptors (Lipinski definition) is 7. The largest absolute Gasteiger partial charge is 0.340 e. The van der Waals surface area contributed by atoms with Gasteiger partial charge in [0, 0.05) is 48.9 Å². The second kappa shape index (κ2) is 10.8. The third kappa shape index (κ3) is 5.08. The van der Waals surface area contributed by atoms with Gasteiger partial charge < -0.3 is 19.5 Å². The Balaban J connectivity index is 1.27. The summed E-state index contributed by atoms with van der Waals surface area (Å²) in [6.07, 6.45) is 11.6. The maximum absolute atomic E-state index is 9.43. The molecule has 1 N–H and O–H groups in total. The van der Waals surface area contributed by atoms with Gasteiger partial charge in [-0.05, 0) is 43.6 Å². The summed E-state index contributed by atoms with van der Waals surface area (Å²) in [5, 5.41) is 13.9. The van der Waals surface area contributed by atoms with E-state index in [0.29, 0.717) is 6.73 Å². The highest BCUT2D eigenvalue weighted by molar-refractivity contribution is 5.77. The lowest BCUT2D eigenvalue weighted by Gasteiger charge is -2.53. The molecule has 194 valence electrons. The van der Waals surface area contributed by atoms with Crippen molar-refractivity contribution >= 4 is 16.7 Å². The van der Waals surface area contributed by atoms with Crippen molar-refractivity contribution in [3.8, 4) is 6.07 Å². The van der Waals surface area contributed by atoms with Crippen LogP contribution in [0.2, 0.25) is 0 Å². The third-order valence-corrected chi connectivity index (χ3v) is 8.49. The Kier molecular flexibility index (Phi) is 7.10. The molecular weight excluding hydrogens is 462 g/mol. The summed E-state index contributed by atoms with van der Waals surface area (Å²) in [4.78, 5) is 13.7. The minimum absolute atomic E-state index is 0.237. The van der Waals surface area contributed by atoms with Crippen LogP contribution in [0.4, 0.5) is 5.69 Å². The molecule has 1 saturated carbocycles. The van der Waals surface area contributed by atoms with Gasteiger partial charge >= 0.3 is 0 Å². The number of aryl methyl sites for hydroxylation is 1. The first-order valence-corrected chi connectivity index (χ1v) is 13.9. The van der Waals surface area contributed by atoms with Gasteiger partial charge in [0.2, 0.25) is 5.82 Å². The lowest BCUT2D eigenvalue weighted by atomic mass is 9.87. The molecule has 2 saturated heterocycles. The molecule has 37 heavy (non-hydrogen) atoms. The molecule has 2 aromatic heterocycles. The van der Waals surface area contributed by atoms with Gasteiger partial charge in [-0.15, -0.1) is 0 Å². The van der Waals surface area contributed by atoms with Crippen LogP contribution in [0.15, 0.2) is 42.6 Å². The summed E-state index contributed by atoms with van der Waals surface area (Å²) in [6, 6.07) is 15.0. The molecule has 3 aromatic rings. The summed E-state index contributed by atoms with van der Waals surface area (Å²) in [5.74, 6) is 1.02. The fraction of sp³-hybridized carbons (Fsp3) is 0.552. The first-order chi connectivity index (χ1) is 18.2. The van der Waals surface area contributed by atoms with E-state index in [9.17, 15) is 5.26 Å². The lowest BCUT2D eigenvalue weighted by Crippen LogP contribution is -2.64. The maximum atomic E-state index is 9.43. The van der Waals surface area contributed by atoms with Crippen LogP contribution in [-0.2, 0) is 17.8 Å². The van der Waals surface area contributed by atoms with Crippen molar-refractivity contribution in [3.05, 3.63) is 54.1 Å². The van der Waals surface area contributed by atoms with Gasteiger partial charge in [-0.1, -0.05) is 50.3 Å². The number of nitrogens with zero attached hydrogens (tertiary/aromatic N) is 6. The highest BCUT2D eigenvalue weighted by Gasteiger charge is 2.43. The second-order valence-corrected chi connectivity index (χ2v) is 10.9. The van der Waals surface area contributed by atoms with E-state index in [1.54, 1.807) is 6.20 Å². The minimum atomic E-state index is -0.260. The number of anilines is 1. The summed E-state index contributed by atoms with van der Waals surface area (Å²) >= 11 is 0. The van der Waals surface area contributed by atoms with Crippen LogP contribution < -0.4 is 10.2 Å². The number of nitriles is 1. The van der Waals surface area contributed by atoms with Gasteiger partial charge in [-0.25, -0.2) is 9.97 Å². The highest BCUT2D eigenvalue weighted by Crippen LogP contribution is 2.36. The number of hydrogen-bond donors (Lipinski definition) is 1. The van der Waals surface area contributed by atoms with Crippen molar-refractivity contribution in [2.45, 2.75) is 70.2 Å². The molecule has 1 spiro atoms. The van der Waals surface area contributed by atoms with Crippen LogP contribution in [-0.4, -0.2) is 51.6 Å². The van der Waals surface area contributed by atoms with Crippen LogP contribution >= 0.6 is 0 Å². The lowest BCUT2D eigenvalue weighted by molar-refractivity contribution is -0.150. The molecule has 6 rings (SSSR count). The third-order valence-electron chi connectivity index (χ3n) is 8.49. The first kappa shape index (κ1) is 24.4. The van der Waals surface area contributed by atoms with E-state index in [-0.39, 0.29) is 11.5 Å². The predicted octanol–water partition coefficient (Wildman–Crippen LogP) is 4.61. The Bertz CT molecular complexity index is 1240. The Morgan fingerprint density at radius 2 is 1.92 bits per heavy atom. The molecular formula is C29H37N7O. The van der Waals surface area contributed by atoms with Gasteiger partial charge in [0.05, 0.1) is 6.67 Å². The van der Waals surface area contributed by atoms with Gasteiger partial charge in [-0.2, -0.15) is 5.26 Å². The number of piperidine rings is 1. The molecule has 3 aliphatic rings. The second-order valence-electron chi connectivity index (χ2n) is 10.9. The predicted molar refractivity (Wildman–Crippen MR) is 144 cm³/mol. The van der Waals surface area contributed by atoms with E-state index >= 15 is 0 Å². The number of nitrogens with one attached hydrogen (secondary N) is 1. The van der Waals surface area contributed by atoms with E-state index < -0.39 is 0 Å². The fourth-order valence-corrected chi connectivity index (χ4v) is 6.46. The SMILES string of the molecule is N#Cc1ncc2cc(CN3COC4(CCNCC4)N(c4ccccc4)C3)n(CCC3CCCCC3)c2n1. The smallest absolute Gasteiger partial charge is 0.234 e. The van der Waals surface area contributed by atoms with Crippen molar-refractivity contribution in [1.82, 2.24) is 24.8 Å². The van der Waals surface area contributed by atoms with E-state index in [2.05, 4.69) is 72.1 Å². The van der Waals surface area contributed by atoms with Crippen molar-refractivity contribution in [1.29, 1.82) is 5.26 Å². The van der Waals surface area contributed by atoms with Crippen LogP contribution in [0.25, 0.3) is 11.0 Å². The number of fused-ring (bicyclic) bond motifs is 1. The minimum Gasteiger partial charge on any atom is -0.340 e. The number of aromatic nitrogens is 3. The fourth-order valence-electron chi connectivity index (χ4n) is 6.46. The molecule has 1 aliphatic carbocycles. The number of para-hydroxylation sites is 1. The number of rotatable bonds is 6. The van der Waals surface area contributed by atoms with Gasteiger partial charge in [-0.3, -0.25) is 4.90 Å². The van der Waals surface area contributed by atoms with Crippen LogP contribution in [0.3, 0.4) is 0 Å². The maximum Gasteiger partial charge on any atom is 0.234 e. The molecule has 8 nitrogen and oxygen atoms in total. The highest BCUT2D eigenvalue weighted by atomic mass is 16.5. The van der Waals surface area contributed by atoms with Crippen LogP contribution in [0.5, 0.6) is 0 Å². The standard InChI is InChI=1S/C29H37N7O/c30-18-27-32-19-24-17-26(35(28(24)33-27)16-11-23-7-3-1-4-8-23)20-34-21-36(25-9-5-2-6-10-25)29(37-22-34)12-14-31-15-13-29/h2,5-6,9-10,17,19,23,31H,1,3-4,7-8,11-16,20-22H2. The summed E-state index contributed by atoms with van der Waals surface area (Å²) < 4.78 is 9.04. The zero-order valence-electron chi connectivity index (χ0n) is 21.6. The van der Waals surface area contributed by atoms with Gasteiger partial charge in [0.1, 0.15) is 24.2 Å². The number of ether oxygens (including phenoxy) is 1. The molecule has 0 amide bonds. The monoisotopic (exact) mass is 499 g/mol. The van der Waals surface area contributed by atoms with E-state index in [0.717, 1.165) is 69.1 Å². The molecule has 0 atom stereocenters. The molecule has 0 unspecified atom stereocenters. The quantitative estimate of drug-likeness (QED) is 0.530. The van der Waals surface area contributed by atoms with Crippen molar-refractivity contribution in [2.75, 3.05) is 31.4 Å². The zero-order chi connectivity index (χ0) is 25.1. The Morgan fingerprint density at radius 3 is 2.70 bits per heavy atom. The molecule has 3 fully saturated rings. The van der Waals surface area contributed by atoms with Crippen LogP contribution in [0.1, 0.15) is 62.9 Å². The molecule has 8 heteroatoms. The van der Waals surface area contributed by atoms with E-state index in [4.69, 9.17) is 4.74 Å². The number of benzene rings is 1. The normalized spacial score (nSPS) is 20.9. The van der Waals surface area contributed by atoms with E-state index in [1.807, 2.05) is 0 Å². The first-order valence-electron chi connectivity index (χ1n) is 13.9. The molecule has 0 radical (unpaired) electrons. The van der Waals surface area contributed by atoms with Crippen molar-refractivity contribution < 1.29 is 4.74 Å². The summed E-state index contributed by atoms with van der Waals surface area (Å²) in [6.45, 7) is 5.04. The summed E-state index contributed by atoms with van der Waals surface area (Å²) in [7, 11) is 0.